The van der Waals surface area contributed by atoms with Crippen molar-refractivity contribution in [1.29, 1.82) is 0 Å². The first kappa shape index (κ1) is 4.59. The molecule has 3 nitrogen and oxygen atoms in total. The maximum absolute atomic E-state index is 10.4. The summed E-state index contributed by atoms with van der Waals surface area (Å²) in [5, 5.41) is 0. The predicted octanol–water partition coefficient (Wildman–Crippen LogP) is -0.743. The molecule has 0 bridgehead atoms. The van der Waals surface area contributed by atoms with Crippen LogP contribution in [-0.2, 0) is 4.79 Å². The summed E-state index contributed by atoms with van der Waals surface area (Å²) in [6.45, 7) is 2.65. The van der Waals surface area contributed by atoms with E-state index in [-0.39, 0.29) is 11.8 Å². The van der Waals surface area contributed by atoms with Gasteiger partial charge in [-0.15, -0.1) is 0 Å². The van der Waals surface area contributed by atoms with E-state index >= 15 is 0 Å². The molecule has 40 valence electrons. The summed E-state index contributed by atoms with van der Waals surface area (Å²) in [5.74, 6) is 0.250. The number of carbonyl (C=O) groups is 1. The number of carbonyl (C=O) groups excluding carboxylic acids is 1. The maximum atomic E-state index is 10.4. The second-order valence-corrected chi connectivity index (χ2v) is 1.77. The van der Waals surface area contributed by atoms with Crippen molar-refractivity contribution in [2.24, 2.45) is 5.92 Å². The normalized spacial score (nSPS) is 30.4. The van der Waals surface area contributed by atoms with Crippen molar-refractivity contribution in [3.05, 3.63) is 0 Å². The lowest BCUT2D eigenvalue weighted by molar-refractivity contribution is -0.122. The van der Waals surface area contributed by atoms with Gasteiger partial charge < -0.3 is 0 Å². The van der Waals surface area contributed by atoms with Gasteiger partial charge in [-0.25, -0.2) is 5.43 Å². The zero-order valence-corrected chi connectivity index (χ0v) is 4.19. The third kappa shape index (κ3) is 0.718. The van der Waals surface area contributed by atoms with E-state index in [2.05, 4.69) is 10.9 Å². The van der Waals surface area contributed by atoms with Crippen LogP contribution in [0.3, 0.4) is 0 Å². The Kier molecular flexibility index (Phi) is 0.982. The summed E-state index contributed by atoms with van der Waals surface area (Å²) >= 11 is 0. The maximum Gasteiger partial charge on any atom is 0.238 e. The van der Waals surface area contributed by atoms with Crippen LogP contribution in [0.1, 0.15) is 6.92 Å². The number of hydrogen-bond acceptors (Lipinski definition) is 2. The van der Waals surface area contributed by atoms with Crippen molar-refractivity contribution in [1.82, 2.24) is 10.9 Å². The smallest absolute Gasteiger partial charge is 0.238 e. The molecular formula is C4H8N2O. The minimum Gasteiger partial charge on any atom is -0.291 e. The molecule has 1 rings (SSSR count). The van der Waals surface area contributed by atoms with Crippen LogP contribution in [0.25, 0.3) is 0 Å². The first-order valence-electron chi connectivity index (χ1n) is 2.33. The summed E-state index contributed by atoms with van der Waals surface area (Å²) in [6.07, 6.45) is 0. The number of hydrogen-bond donors (Lipinski definition) is 2. The lowest BCUT2D eigenvalue weighted by Crippen LogP contribution is -2.25. The number of nitrogens with one attached hydrogen (secondary N) is 2. The fraction of sp³-hybridized carbons (Fsp3) is 0.750. The van der Waals surface area contributed by atoms with Crippen LogP contribution in [0, 0.1) is 5.92 Å². The molecule has 1 amide bonds. The third-order valence-electron chi connectivity index (χ3n) is 1.07. The molecule has 1 aliphatic rings. The molecule has 1 atom stereocenters. The molecule has 0 aromatic carbocycles. The lowest BCUT2D eigenvalue weighted by Gasteiger charge is -1.88. The predicted molar refractivity (Wildman–Crippen MR) is 25.3 cm³/mol. The van der Waals surface area contributed by atoms with E-state index in [0.717, 1.165) is 6.54 Å². The molecule has 1 heterocycles. The minimum absolute atomic E-state index is 0.0972. The van der Waals surface area contributed by atoms with Crippen molar-refractivity contribution in [3.63, 3.8) is 0 Å². The summed E-state index contributed by atoms with van der Waals surface area (Å²) in [4.78, 5) is 10.4. The Labute approximate surface area is 42.1 Å². The van der Waals surface area contributed by atoms with Crippen LogP contribution < -0.4 is 10.9 Å². The molecule has 0 aromatic heterocycles. The van der Waals surface area contributed by atoms with Crippen molar-refractivity contribution in [2.75, 3.05) is 6.54 Å². The molecule has 0 aromatic rings. The van der Waals surface area contributed by atoms with Gasteiger partial charge in [-0.1, -0.05) is 6.92 Å². The fourth-order valence-electron chi connectivity index (χ4n) is 0.507. The zero-order chi connectivity index (χ0) is 5.28. The average molecular weight is 100 g/mol. The van der Waals surface area contributed by atoms with E-state index in [9.17, 15) is 4.79 Å². The Balaban J connectivity index is 2.48. The third-order valence-corrected chi connectivity index (χ3v) is 1.07. The molecule has 1 aliphatic heterocycles. The molecule has 0 spiro atoms. The van der Waals surface area contributed by atoms with Crippen LogP contribution in [0.15, 0.2) is 0 Å². The average Bonchev–Trinajstić information content (AvgIpc) is 1.91. The summed E-state index contributed by atoms with van der Waals surface area (Å²) in [7, 11) is 0. The van der Waals surface area contributed by atoms with E-state index in [1.165, 1.54) is 0 Å². The molecule has 2 N–H and O–H groups in total. The molecular weight excluding hydrogens is 92.1 g/mol. The van der Waals surface area contributed by atoms with Gasteiger partial charge in [0.05, 0.1) is 5.92 Å². The molecule has 7 heavy (non-hydrogen) atoms. The Morgan fingerprint density at radius 1 is 1.86 bits per heavy atom. The Bertz CT molecular complexity index is 91.7. The summed E-state index contributed by atoms with van der Waals surface area (Å²) in [6, 6.07) is 0. The van der Waals surface area contributed by atoms with E-state index in [1.807, 2.05) is 6.92 Å². The highest BCUT2D eigenvalue weighted by Gasteiger charge is 2.17. The first-order valence-corrected chi connectivity index (χ1v) is 2.33. The summed E-state index contributed by atoms with van der Waals surface area (Å²) in [5.41, 5.74) is 5.20. The van der Waals surface area contributed by atoms with Gasteiger partial charge in [0, 0.05) is 6.54 Å². The van der Waals surface area contributed by atoms with Crippen molar-refractivity contribution in [2.45, 2.75) is 6.92 Å². The number of amides is 1. The van der Waals surface area contributed by atoms with Gasteiger partial charge in [0.15, 0.2) is 0 Å². The topological polar surface area (TPSA) is 41.1 Å². The van der Waals surface area contributed by atoms with Crippen LogP contribution in [0.2, 0.25) is 0 Å². The Morgan fingerprint density at radius 2 is 2.57 bits per heavy atom. The molecule has 3 heteroatoms. The van der Waals surface area contributed by atoms with E-state index in [0.29, 0.717) is 0 Å². The number of rotatable bonds is 0. The van der Waals surface area contributed by atoms with Crippen LogP contribution in [0.4, 0.5) is 0 Å². The minimum atomic E-state index is 0.0972. The van der Waals surface area contributed by atoms with Crippen molar-refractivity contribution in [3.8, 4) is 0 Å². The van der Waals surface area contributed by atoms with Gasteiger partial charge >= 0.3 is 0 Å². The quantitative estimate of drug-likeness (QED) is 0.421. The van der Waals surface area contributed by atoms with Gasteiger partial charge in [0.25, 0.3) is 0 Å². The molecule has 1 saturated heterocycles. The van der Waals surface area contributed by atoms with Crippen LogP contribution >= 0.6 is 0 Å². The second kappa shape index (κ2) is 1.50. The van der Waals surface area contributed by atoms with Crippen LogP contribution in [-0.4, -0.2) is 12.5 Å². The Hall–Kier alpha value is -0.570. The van der Waals surface area contributed by atoms with Gasteiger partial charge in [0.1, 0.15) is 0 Å². The lowest BCUT2D eigenvalue weighted by atomic mass is 10.2. The van der Waals surface area contributed by atoms with Gasteiger partial charge in [-0.05, 0) is 0 Å². The van der Waals surface area contributed by atoms with Gasteiger partial charge in [-0.3, -0.25) is 10.2 Å². The highest BCUT2D eigenvalue weighted by molar-refractivity contribution is 5.79. The van der Waals surface area contributed by atoms with Crippen molar-refractivity contribution >= 4 is 5.91 Å². The van der Waals surface area contributed by atoms with E-state index < -0.39 is 0 Å². The molecule has 0 aliphatic carbocycles. The molecule has 0 saturated carbocycles. The number of hydrazine groups is 1. The first-order chi connectivity index (χ1) is 3.30. The fourth-order valence-corrected chi connectivity index (χ4v) is 0.507. The standard InChI is InChI=1S/C4H8N2O/c1-3-2-5-6-4(3)7/h3,5H,2H2,1H3,(H,6,7). The SMILES string of the molecule is CC1CNNC1=O. The zero-order valence-electron chi connectivity index (χ0n) is 4.19. The molecule has 1 unspecified atom stereocenters. The Morgan fingerprint density at radius 3 is 2.71 bits per heavy atom. The molecule has 0 radical (unpaired) electrons. The van der Waals surface area contributed by atoms with E-state index in [1.54, 1.807) is 0 Å². The largest absolute Gasteiger partial charge is 0.291 e. The highest BCUT2D eigenvalue weighted by Crippen LogP contribution is 1.94. The second-order valence-electron chi connectivity index (χ2n) is 1.77. The monoisotopic (exact) mass is 100 g/mol. The molecule has 1 fully saturated rings. The van der Waals surface area contributed by atoms with Gasteiger partial charge in [0.2, 0.25) is 5.91 Å². The van der Waals surface area contributed by atoms with Gasteiger partial charge in [-0.2, -0.15) is 0 Å². The summed E-state index contributed by atoms with van der Waals surface area (Å²) < 4.78 is 0. The van der Waals surface area contributed by atoms with Crippen LogP contribution in [0.5, 0.6) is 0 Å². The van der Waals surface area contributed by atoms with Crippen molar-refractivity contribution < 1.29 is 4.79 Å². The highest BCUT2D eigenvalue weighted by atomic mass is 16.2. The van der Waals surface area contributed by atoms with E-state index in [4.69, 9.17) is 0 Å².